The lowest BCUT2D eigenvalue weighted by Gasteiger charge is -2.23. The molecule has 2 N–H and O–H groups in total. The number of nitrogens with two attached hydrogens (primary N) is 1. The molecule has 170 valence electrons. The lowest BCUT2D eigenvalue weighted by Crippen LogP contribution is -2.35. The van der Waals surface area contributed by atoms with E-state index in [-0.39, 0.29) is 25.1 Å². The normalized spacial score (nSPS) is 18.5. The van der Waals surface area contributed by atoms with Gasteiger partial charge in [-0.25, -0.2) is 9.59 Å². The van der Waals surface area contributed by atoms with Gasteiger partial charge < -0.3 is 24.8 Å². The molecule has 0 aromatic carbocycles. The molecule has 2 atom stereocenters. The summed E-state index contributed by atoms with van der Waals surface area (Å²) in [6.07, 6.45) is 8.66. The Bertz CT molecular complexity index is 684. The highest BCUT2D eigenvalue weighted by atomic mass is 16.7. The van der Waals surface area contributed by atoms with Crippen LogP contribution in [0.1, 0.15) is 71.4 Å². The number of ether oxygens (including phenoxy) is 3. The minimum Gasteiger partial charge on any atom is -0.444 e. The van der Waals surface area contributed by atoms with Gasteiger partial charge in [0.15, 0.2) is 12.5 Å². The first-order chi connectivity index (χ1) is 14.5. The summed E-state index contributed by atoms with van der Waals surface area (Å²) in [5.41, 5.74) is 5.00. The van der Waals surface area contributed by atoms with Crippen molar-refractivity contribution in [2.24, 2.45) is 0 Å². The fourth-order valence-electron chi connectivity index (χ4n) is 3.31. The Balaban J connectivity index is 1.80. The molecule has 1 aromatic heterocycles. The number of nitrogens with zero attached hydrogens (tertiary/aromatic N) is 3. The van der Waals surface area contributed by atoms with Crippen LogP contribution in [0.15, 0.2) is 17.1 Å². The third kappa shape index (κ3) is 7.95. The van der Waals surface area contributed by atoms with Crippen LogP contribution in [0.25, 0.3) is 0 Å². The summed E-state index contributed by atoms with van der Waals surface area (Å²) >= 11 is 0. The van der Waals surface area contributed by atoms with Gasteiger partial charge in [-0.15, -0.1) is 0 Å². The summed E-state index contributed by atoms with van der Waals surface area (Å²) in [7, 11) is 0. The van der Waals surface area contributed by atoms with Gasteiger partial charge in [0.25, 0.3) is 0 Å². The zero-order chi connectivity index (χ0) is 21.8. The van der Waals surface area contributed by atoms with Crippen molar-refractivity contribution >= 4 is 11.9 Å². The highest BCUT2D eigenvalue weighted by Gasteiger charge is 2.29. The second kappa shape index (κ2) is 13.2. The van der Waals surface area contributed by atoms with Crippen molar-refractivity contribution in [3.05, 3.63) is 22.7 Å². The third-order valence-electron chi connectivity index (χ3n) is 5.06. The second-order valence-corrected chi connectivity index (χ2v) is 7.58. The molecule has 0 spiro atoms. The molecule has 0 unspecified atom stereocenters. The summed E-state index contributed by atoms with van der Waals surface area (Å²) < 4.78 is 18.0. The fourth-order valence-corrected chi connectivity index (χ4v) is 3.31. The molecule has 0 bridgehead atoms. The minimum absolute atomic E-state index is 0.0209. The molecule has 0 aliphatic carbocycles. The number of hydrogen-bond acceptors (Lipinski definition) is 7. The van der Waals surface area contributed by atoms with E-state index in [9.17, 15) is 9.59 Å². The Morgan fingerprint density at radius 3 is 2.47 bits per heavy atom. The highest BCUT2D eigenvalue weighted by molar-refractivity contribution is 5.67. The van der Waals surface area contributed by atoms with Crippen molar-refractivity contribution in [1.29, 1.82) is 0 Å². The first-order valence-corrected chi connectivity index (χ1v) is 11.1. The Kier molecular flexibility index (Phi) is 10.6. The van der Waals surface area contributed by atoms with Crippen LogP contribution in [-0.4, -0.2) is 53.1 Å². The van der Waals surface area contributed by atoms with Crippen molar-refractivity contribution in [3.8, 4) is 0 Å². The van der Waals surface area contributed by atoms with E-state index >= 15 is 0 Å². The number of unbranched alkanes of at least 4 members (excludes halogenated alkanes) is 6. The summed E-state index contributed by atoms with van der Waals surface area (Å²) in [4.78, 5) is 30.0. The SMILES string of the molecule is CCCCCCN(CCCCCC)C(=O)OC[C@H]1OC[C@@H](n2ccc(N)nc2=O)O1. The molecule has 1 aliphatic rings. The van der Waals surface area contributed by atoms with E-state index in [4.69, 9.17) is 19.9 Å². The average Bonchev–Trinajstić information content (AvgIpc) is 3.19. The van der Waals surface area contributed by atoms with Crippen molar-refractivity contribution in [1.82, 2.24) is 14.5 Å². The molecule has 1 aliphatic heterocycles. The van der Waals surface area contributed by atoms with Gasteiger partial charge >= 0.3 is 11.8 Å². The lowest BCUT2D eigenvalue weighted by atomic mass is 10.2. The predicted octanol–water partition coefficient (Wildman–Crippen LogP) is 3.30. The van der Waals surface area contributed by atoms with Crippen LogP contribution in [-0.2, 0) is 14.2 Å². The van der Waals surface area contributed by atoms with Crippen molar-refractivity contribution in [2.75, 3.05) is 32.0 Å². The van der Waals surface area contributed by atoms with Crippen molar-refractivity contribution in [3.63, 3.8) is 0 Å². The number of anilines is 1. The number of hydrogen-bond donors (Lipinski definition) is 1. The molecule has 2 rings (SSSR count). The standard InChI is InChI=1S/C21H36N4O5/c1-3-5-7-9-12-24(13-10-8-6-4-2)21(27)29-16-19-28-15-18(30-19)25-14-11-17(22)23-20(25)26/h11,14,18-19H,3-10,12-13,15-16H2,1-2H3,(H2,22,23,26)/t18-,19-/m0/s1. The molecule has 1 fully saturated rings. The molecule has 1 saturated heterocycles. The van der Waals surface area contributed by atoms with Gasteiger partial charge in [0.2, 0.25) is 0 Å². The minimum atomic E-state index is -0.717. The Labute approximate surface area is 178 Å². The molecule has 0 radical (unpaired) electrons. The van der Waals surface area contributed by atoms with Crippen LogP contribution in [0.3, 0.4) is 0 Å². The quantitative estimate of drug-likeness (QED) is 0.484. The van der Waals surface area contributed by atoms with E-state index in [1.54, 1.807) is 4.90 Å². The predicted molar refractivity (Wildman–Crippen MR) is 114 cm³/mol. The van der Waals surface area contributed by atoms with Crippen LogP contribution >= 0.6 is 0 Å². The monoisotopic (exact) mass is 424 g/mol. The summed E-state index contributed by atoms with van der Waals surface area (Å²) in [5, 5.41) is 0. The molecule has 9 heteroatoms. The van der Waals surface area contributed by atoms with Gasteiger partial charge in [-0.1, -0.05) is 52.4 Å². The van der Waals surface area contributed by atoms with Gasteiger partial charge in [0.05, 0.1) is 6.61 Å². The molecular weight excluding hydrogens is 388 g/mol. The Morgan fingerprint density at radius 2 is 1.87 bits per heavy atom. The number of aromatic nitrogens is 2. The molecule has 2 heterocycles. The first-order valence-electron chi connectivity index (χ1n) is 11.1. The lowest BCUT2D eigenvalue weighted by molar-refractivity contribution is -0.104. The molecule has 1 amide bonds. The zero-order valence-corrected chi connectivity index (χ0v) is 18.3. The van der Waals surface area contributed by atoms with Crippen LogP contribution in [0.5, 0.6) is 0 Å². The maximum absolute atomic E-state index is 12.6. The van der Waals surface area contributed by atoms with Crippen LogP contribution in [0.2, 0.25) is 0 Å². The third-order valence-corrected chi connectivity index (χ3v) is 5.06. The average molecular weight is 425 g/mol. The van der Waals surface area contributed by atoms with Crippen LogP contribution in [0.4, 0.5) is 10.6 Å². The van der Waals surface area contributed by atoms with Crippen LogP contribution < -0.4 is 11.4 Å². The maximum Gasteiger partial charge on any atom is 0.409 e. The first kappa shape index (κ1) is 24.1. The number of amides is 1. The van der Waals surface area contributed by atoms with Gasteiger partial charge in [-0.3, -0.25) is 4.57 Å². The van der Waals surface area contributed by atoms with E-state index in [2.05, 4.69) is 18.8 Å². The fraction of sp³-hybridized carbons (Fsp3) is 0.762. The van der Waals surface area contributed by atoms with Gasteiger partial charge in [0.1, 0.15) is 12.4 Å². The molecular formula is C21H36N4O5. The molecule has 9 nitrogen and oxygen atoms in total. The summed E-state index contributed by atoms with van der Waals surface area (Å²) in [5.74, 6) is 0.151. The maximum atomic E-state index is 12.6. The van der Waals surface area contributed by atoms with Crippen LogP contribution in [0, 0.1) is 0 Å². The zero-order valence-electron chi connectivity index (χ0n) is 18.3. The van der Waals surface area contributed by atoms with E-state index in [0.717, 1.165) is 38.5 Å². The Hall–Kier alpha value is -2.13. The van der Waals surface area contributed by atoms with E-state index in [1.165, 1.54) is 29.7 Å². The van der Waals surface area contributed by atoms with Crippen molar-refractivity contribution in [2.45, 2.75) is 77.7 Å². The number of rotatable bonds is 13. The van der Waals surface area contributed by atoms with E-state index in [0.29, 0.717) is 13.1 Å². The summed E-state index contributed by atoms with van der Waals surface area (Å²) in [6, 6.07) is 1.52. The Morgan fingerprint density at radius 1 is 1.20 bits per heavy atom. The number of carbonyl (C=O) groups excluding carboxylic acids is 1. The number of nitrogen functional groups attached to an aromatic ring is 1. The topological polar surface area (TPSA) is 109 Å². The largest absolute Gasteiger partial charge is 0.444 e. The van der Waals surface area contributed by atoms with E-state index in [1.807, 2.05) is 0 Å². The van der Waals surface area contributed by atoms with Gasteiger partial charge in [-0.2, -0.15) is 4.98 Å². The number of carbonyl (C=O) groups is 1. The second-order valence-electron chi connectivity index (χ2n) is 7.58. The van der Waals surface area contributed by atoms with Gasteiger partial charge in [0, 0.05) is 19.3 Å². The van der Waals surface area contributed by atoms with E-state index < -0.39 is 18.2 Å². The smallest absolute Gasteiger partial charge is 0.409 e. The van der Waals surface area contributed by atoms with Crippen molar-refractivity contribution < 1.29 is 19.0 Å². The molecule has 30 heavy (non-hydrogen) atoms. The molecule has 1 aromatic rings. The summed E-state index contributed by atoms with van der Waals surface area (Å²) in [6.45, 7) is 5.89. The van der Waals surface area contributed by atoms with Gasteiger partial charge in [-0.05, 0) is 18.9 Å². The highest BCUT2D eigenvalue weighted by Crippen LogP contribution is 2.20. The molecule has 0 saturated carbocycles.